The lowest BCUT2D eigenvalue weighted by atomic mass is 10.2. The van der Waals surface area contributed by atoms with Crippen LogP contribution in [0, 0.1) is 0 Å². The van der Waals surface area contributed by atoms with Crippen molar-refractivity contribution in [2.24, 2.45) is 0 Å². The van der Waals surface area contributed by atoms with E-state index in [4.69, 9.17) is 4.42 Å². The second-order valence-electron chi connectivity index (χ2n) is 6.28. The average molecular weight is 403 g/mol. The summed E-state index contributed by atoms with van der Waals surface area (Å²) in [4.78, 5) is 24.1. The fourth-order valence-electron chi connectivity index (χ4n) is 2.83. The van der Waals surface area contributed by atoms with Gasteiger partial charge in [0, 0.05) is 24.7 Å². The summed E-state index contributed by atoms with van der Waals surface area (Å²) in [6, 6.07) is 9.12. The Morgan fingerprint density at radius 1 is 1.04 bits per heavy atom. The van der Waals surface area contributed by atoms with E-state index in [1.54, 1.807) is 12.1 Å². The summed E-state index contributed by atoms with van der Waals surface area (Å²) < 4.78 is 32.0. The number of piperidine rings is 1. The third-order valence-electron chi connectivity index (χ3n) is 4.29. The average Bonchev–Trinajstić information content (AvgIpc) is 3.25. The third kappa shape index (κ3) is 4.87. The second-order valence-corrected chi connectivity index (χ2v) is 8.22. The molecule has 0 saturated carbocycles. The minimum absolute atomic E-state index is 0.0612. The second kappa shape index (κ2) is 8.85. The lowest BCUT2D eigenvalue weighted by Crippen LogP contribution is -2.41. The predicted octanol–water partition coefficient (Wildman–Crippen LogP) is 1.93. The van der Waals surface area contributed by atoms with E-state index in [0.29, 0.717) is 18.8 Å². The zero-order chi connectivity index (χ0) is 20.0. The van der Waals surface area contributed by atoms with Crippen LogP contribution < -0.4 is 10.9 Å². The molecular weight excluding hydrogens is 382 g/mol. The molecular formula is C19H21N3O5S. The molecule has 0 bridgehead atoms. The van der Waals surface area contributed by atoms with Crippen molar-refractivity contribution in [3.05, 3.63) is 60.1 Å². The Kier molecular flexibility index (Phi) is 6.27. The van der Waals surface area contributed by atoms with Crippen LogP contribution in [0.3, 0.4) is 0 Å². The molecule has 0 unspecified atom stereocenters. The monoisotopic (exact) mass is 403 g/mol. The number of hydrogen-bond donors (Lipinski definition) is 2. The third-order valence-corrected chi connectivity index (χ3v) is 6.19. The van der Waals surface area contributed by atoms with Gasteiger partial charge in [-0.25, -0.2) is 8.42 Å². The summed E-state index contributed by atoms with van der Waals surface area (Å²) in [6.07, 6.45) is 6.81. The topological polar surface area (TPSA) is 109 Å². The number of furan rings is 1. The molecule has 0 spiro atoms. The van der Waals surface area contributed by atoms with E-state index in [0.717, 1.165) is 19.3 Å². The van der Waals surface area contributed by atoms with Gasteiger partial charge in [0.25, 0.3) is 11.8 Å². The maximum absolute atomic E-state index is 12.7. The van der Waals surface area contributed by atoms with Crippen molar-refractivity contribution in [1.82, 2.24) is 15.2 Å². The summed E-state index contributed by atoms with van der Waals surface area (Å²) in [6.45, 7) is 0.966. The van der Waals surface area contributed by atoms with Crippen LogP contribution in [0.4, 0.5) is 0 Å². The van der Waals surface area contributed by atoms with Crippen molar-refractivity contribution in [2.75, 3.05) is 13.1 Å². The number of hydrogen-bond acceptors (Lipinski definition) is 5. The molecule has 1 aliphatic rings. The smallest absolute Gasteiger partial charge is 0.269 e. The Morgan fingerprint density at radius 3 is 2.54 bits per heavy atom. The molecule has 8 nitrogen and oxygen atoms in total. The lowest BCUT2D eigenvalue weighted by molar-refractivity contribution is -0.117. The van der Waals surface area contributed by atoms with Gasteiger partial charge in [0.05, 0.1) is 11.2 Å². The number of nitrogens with zero attached hydrogens (tertiary/aromatic N) is 1. The zero-order valence-corrected chi connectivity index (χ0v) is 15.9. The first-order valence-corrected chi connectivity index (χ1v) is 10.3. The minimum atomic E-state index is -3.64. The number of nitrogens with one attached hydrogen (secondary N) is 2. The van der Waals surface area contributed by atoms with Gasteiger partial charge in [-0.15, -0.1) is 0 Å². The predicted molar refractivity (Wildman–Crippen MR) is 102 cm³/mol. The molecule has 28 heavy (non-hydrogen) atoms. The van der Waals surface area contributed by atoms with E-state index in [2.05, 4.69) is 10.9 Å². The molecule has 2 aromatic rings. The van der Waals surface area contributed by atoms with Crippen molar-refractivity contribution < 1.29 is 22.4 Å². The molecule has 0 radical (unpaired) electrons. The first-order valence-electron chi connectivity index (χ1n) is 8.89. The van der Waals surface area contributed by atoms with E-state index >= 15 is 0 Å². The van der Waals surface area contributed by atoms with Crippen molar-refractivity contribution in [1.29, 1.82) is 0 Å². The molecule has 1 aliphatic heterocycles. The molecule has 0 atom stereocenters. The number of hydrazine groups is 1. The highest BCUT2D eigenvalue weighted by molar-refractivity contribution is 7.89. The van der Waals surface area contributed by atoms with Crippen molar-refractivity contribution in [3.63, 3.8) is 0 Å². The molecule has 2 amide bonds. The van der Waals surface area contributed by atoms with E-state index in [1.807, 2.05) is 0 Å². The Balaban J connectivity index is 1.63. The Hall–Kier alpha value is -2.91. The van der Waals surface area contributed by atoms with Crippen LogP contribution >= 0.6 is 0 Å². The standard InChI is InChI=1S/C19H21N3O5S/c23-18(10-9-16-7-5-13-27-16)20-21-19(24)15-6-4-8-17(14-15)28(25,26)22-11-2-1-3-12-22/h4-10,13-14H,1-3,11-12H2,(H,20,23)(H,21,24)/b10-9+. The van der Waals surface area contributed by atoms with Gasteiger partial charge < -0.3 is 4.42 Å². The minimum Gasteiger partial charge on any atom is -0.465 e. The van der Waals surface area contributed by atoms with Gasteiger partial charge >= 0.3 is 0 Å². The quantitative estimate of drug-likeness (QED) is 0.586. The van der Waals surface area contributed by atoms with Crippen LogP contribution in [0.25, 0.3) is 6.08 Å². The van der Waals surface area contributed by atoms with Crippen molar-refractivity contribution in [2.45, 2.75) is 24.2 Å². The molecule has 148 valence electrons. The van der Waals surface area contributed by atoms with Gasteiger partial charge in [0.15, 0.2) is 0 Å². The van der Waals surface area contributed by atoms with E-state index in [1.165, 1.54) is 47.0 Å². The van der Waals surface area contributed by atoms with Gasteiger partial charge in [-0.3, -0.25) is 20.4 Å². The molecule has 1 fully saturated rings. The normalized spacial score (nSPS) is 15.4. The van der Waals surface area contributed by atoms with E-state index < -0.39 is 21.8 Å². The number of carbonyl (C=O) groups is 2. The van der Waals surface area contributed by atoms with E-state index in [9.17, 15) is 18.0 Å². The molecule has 0 aliphatic carbocycles. The highest BCUT2D eigenvalue weighted by atomic mass is 32.2. The molecule has 1 saturated heterocycles. The van der Waals surface area contributed by atoms with Gasteiger partial charge in [-0.1, -0.05) is 12.5 Å². The SMILES string of the molecule is O=C(/C=C/c1ccco1)NNC(=O)c1cccc(S(=O)(=O)N2CCCCC2)c1. The summed E-state index contributed by atoms with van der Waals surface area (Å²) >= 11 is 0. The Bertz CT molecular complexity index is 961. The van der Waals surface area contributed by atoms with Gasteiger partial charge in [0.2, 0.25) is 10.0 Å². The summed E-state index contributed by atoms with van der Waals surface area (Å²) in [5, 5.41) is 0. The first kappa shape index (κ1) is 19.8. The van der Waals surface area contributed by atoms with Gasteiger partial charge in [-0.05, 0) is 49.2 Å². The van der Waals surface area contributed by atoms with Crippen molar-refractivity contribution in [3.8, 4) is 0 Å². The van der Waals surface area contributed by atoms with Crippen LogP contribution in [0.1, 0.15) is 35.4 Å². The maximum atomic E-state index is 12.7. The van der Waals surface area contributed by atoms with Crippen molar-refractivity contribution >= 4 is 27.9 Å². The Morgan fingerprint density at radius 2 is 1.82 bits per heavy atom. The van der Waals surface area contributed by atoms with Gasteiger partial charge in [-0.2, -0.15) is 4.31 Å². The van der Waals surface area contributed by atoms with Crippen LogP contribution in [-0.2, 0) is 14.8 Å². The first-order chi connectivity index (χ1) is 13.5. The van der Waals surface area contributed by atoms with Crippen LogP contribution in [0.2, 0.25) is 0 Å². The molecule has 9 heteroatoms. The van der Waals surface area contributed by atoms with Crippen LogP contribution in [0.5, 0.6) is 0 Å². The number of sulfonamides is 1. The Labute approximate surface area is 163 Å². The number of rotatable bonds is 5. The van der Waals surface area contributed by atoms with Crippen LogP contribution in [0.15, 0.2) is 58.1 Å². The molecule has 1 aromatic heterocycles. The zero-order valence-electron chi connectivity index (χ0n) is 15.1. The summed E-state index contributed by atoms with van der Waals surface area (Å²) in [7, 11) is -3.64. The fourth-order valence-corrected chi connectivity index (χ4v) is 4.39. The number of carbonyl (C=O) groups excluding carboxylic acids is 2. The molecule has 3 rings (SSSR count). The highest BCUT2D eigenvalue weighted by Crippen LogP contribution is 2.21. The highest BCUT2D eigenvalue weighted by Gasteiger charge is 2.26. The maximum Gasteiger partial charge on any atom is 0.269 e. The number of amides is 2. The fraction of sp³-hybridized carbons (Fsp3) is 0.263. The molecule has 1 aromatic carbocycles. The molecule has 2 N–H and O–H groups in total. The largest absolute Gasteiger partial charge is 0.465 e. The van der Waals surface area contributed by atoms with E-state index in [-0.39, 0.29) is 10.5 Å². The van der Waals surface area contributed by atoms with Crippen LogP contribution in [-0.4, -0.2) is 37.6 Å². The number of benzene rings is 1. The van der Waals surface area contributed by atoms with Gasteiger partial charge in [0.1, 0.15) is 5.76 Å². The molecule has 2 heterocycles. The summed E-state index contributed by atoms with van der Waals surface area (Å²) in [5.41, 5.74) is 4.63. The summed E-state index contributed by atoms with van der Waals surface area (Å²) in [5.74, 6) is -0.672. The lowest BCUT2D eigenvalue weighted by Gasteiger charge is -2.26.